The molecular weight excluding hydrogens is 180 g/mol. The average molecular weight is 196 g/mol. The maximum atomic E-state index is 4.38. The van der Waals surface area contributed by atoms with Gasteiger partial charge in [-0.15, -0.1) is 11.3 Å². The Morgan fingerprint density at radius 1 is 1.69 bits per heavy atom. The number of nitrogens with zero attached hydrogens (tertiary/aromatic N) is 1. The number of hydrogen-bond donors (Lipinski definition) is 1. The molecule has 1 heterocycles. The molecule has 0 saturated carbocycles. The Bertz CT molecular complexity index is 302. The zero-order valence-corrected chi connectivity index (χ0v) is 9.40. The third-order valence-electron chi connectivity index (χ3n) is 2.10. The minimum absolute atomic E-state index is 0.421. The van der Waals surface area contributed by atoms with Crippen molar-refractivity contribution in [2.45, 2.75) is 26.8 Å². The zero-order valence-electron chi connectivity index (χ0n) is 8.59. The van der Waals surface area contributed by atoms with Gasteiger partial charge in [-0.1, -0.05) is 5.57 Å². The monoisotopic (exact) mass is 196 g/mol. The molecule has 1 unspecified atom stereocenters. The number of rotatable bonds is 3. The van der Waals surface area contributed by atoms with Crippen molar-refractivity contribution in [3.8, 4) is 0 Å². The minimum atomic E-state index is 0.421. The van der Waals surface area contributed by atoms with E-state index >= 15 is 0 Å². The number of hydrogen-bond acceptors (Lipinski definition) is 3. The molecule has 72 valence electrons. The molecule has 3 heteroatoms. The highest BCUT2D eigenvalue weighted by atomic mass is 32.1. The van der Waals surface area contributed by atoms with Crippen LogP contribution in [0.5, 0.6) is 0 Å². The second kappa shape index (κ2) is 4.53. The number of thiazole rings is 1. The molecule has 1 N–H and O–H groups in total. The first-order chi connectivity index (χ1) is 6.13. The molecule has 0 spiro atoms. The quantitative estimate of drug-likeness (QED) is 0.803. The van der Waals surface area contributed by atoms with Crippen LogP contribution < -0.4 is 5.32 Å². The molecule has 0 aromatic carbocycles. The third-order valence-corrected chi connectivity index (χ3v) is 3.01. The van der Waals surface area contributed by atoms with Gasteiger partial charge in [0.1, 0.15) is 5.01 Å². The second-order valence-electron chi connectivity index (χ2n) is 3.23. The summed E-state index contributed by atoms with van der Waals surface area (Å²) in [4.78, 5) is 4.38. The molecule has 13 heavy (non-hydrogen) atoms. The van der Waals surface area contributed by atoms with Crippen molar-refractivity contribution in [3.05, 3.63) is 21.7 Å². The van der Waals surface area contributed by atoms with Crippen LogP contribution in [0, 0.1) is 6.92 Å². The molecule has 0 fully saturated rings. The highest BCUT2D eigenvalue weighted by Gasteiger charge is 2.01. The van der Waals surface area contributed by atoms with E-state index in [1.165, 1.54) is 5.57 Å². The Morgan fingerprint density at radius 3 is 2.85 bits per heavy atom. The summed E-state index contributed by atoms with van der Waals surface area (Å²) in [7, 11) is 1.97. The van der Waals surface area contributed by atoms with Gasteiger partial charge < -0.3 is 5.32 Å². The number of aromatic nitrogens is 1. The SMILES string of the molecule is CNC(C)C(C)=Cc1nc(C)cs1. The van der Waals surface area contributed by atoms with Gasteiger partial charge in [0.25, 0.3) is 0 Å². The summed E-state index contributed by atoms with van der Waals surface area (Å²) in [6.45, 7) is 6.29. The maximum Gasteiger partial charge on any atom is 0.116 e. The van der Waals surface area contributed by atoms with Gasteiger partial charge in [0, 0.05) is 17.1 Å². The predicted molar refractivity (Wildman–Crippen MR) is 59.0 cm³/mol. The molecule has 1 rings (SSSR count). The summed E-state index contributed by atoms with van der Waals surface area (Å²) in [6, 6.07) is 0.421. The van der Waals surface area contributed by atoms with Gasteiger partial charge in [-0.2, -0.15) is 0 Å². The Morgan fingerprint density at radius 2 is 2.38 bits per heavy atom. The van der Waals surface area contributed by atoms with E-state index in [0.29, 0.717) is 6.04 Å². The van der Waals surface area contributed by atoms with Crippen molar-refractivity contribution >= 4 is 17.4 Å². The van der Waals surface area contributed by atoms with Crippen molar-refractivity contribution in [2.75, 3.05) is 7.05 Å². The van der Waals surface area contributed by atoms with Crippen LogP contribution in [0.3, 0.4) is 0 Å². The maximum absolute atomic E-state index is 4.38. The molecule has 0 bridgehead atoms. The van der Waals surface area contributed by atoms with Gasteiger partial charge in [-0.05, 0) is 33.9 Å². The van der Waals surface area contributed by atoms with Gasteiger partial charge >= 0.3 is 0 Å². The van der Waals surface area contributed by atoms with Gasteiger partial charge in [0.15, 0.2) is 0 Å². The van der Waals surface area contributed by atoms with Crippen LogP contribution in [0.15, 0.2) is 11.0 Å². The van der Waals surface area contributed by atoms with Gasteiger partial charge in [0.05, 0.1) is 0 Å². The molecule has 0 aliphatic carbocycles. The minimum Gasteiger partial charge on any atom is -0.314 e. The van der Waals surface area contributed by atoms with E-state index < -0.39 is 0 Å². The van der Waals surface area contributed by atoms with E-state index in [2.05, 4.69) is 35.6 Å². The van der Waals surface area contributed by atoms with E-state index in [1.807, 2.05) is 14.0 Å². The zero-order chi connectivity index (χ0) is 9.84. The topological polar surface area (TPSA) is 24.9 Å². The number of likely N-dealkylation sites (N-methyl/N-ethyl adjacent to an activating group) is 1. The van der Waals surface area contributed by atoms with Crippen LogP contribution in [0.2, 0.25) is 0 Å². The van der Waals surface area contributed by atoms with Crippen molar-refractivity contribution in [2.24, 2.45) is 0 Å². The van der Waals surface area contributed by atoms with E-state index in [1.54, 1.807) is 11.3 Å². The van der Waals surface area contributed by atoms with Crippen LogP contribution in [-0.4, -0.2) is 18.1 Å². The molecule has 0 aliphatic rings. The number of aryl methyl sites for hydroxylation is 1. The first-order valence-electron chi connectivity index (χ1n) is 4.41. The molecule has 1 atom stereocenters. The molecule has 1 aromatic heterocycles. The van der Waals surface area contributed by atoms with Gasteiger partial charge in [-0.3, -0.25) is 0 Å². The van der Waals surface area contributed by atoms with E-state index in [-0.39, 0.29) is 0 Å². The molecular formula is C10H16N2S. The molecule has 1 aromatic rings. The normalized spacial score (nSPS) is 14.6. The molecule has 2 nitrogen and oxygen atoms in total. The first kappa shape index (κ1) is 10.4. The molecule has 0 amide bonds. The summed E-state index contributed by atoms with van der Waals surface area (Å²) in [5.74, 6) is 0. The van der Waals surface area contributed by atoms with Crippen molar-refractivity contribution in [1.29, 1.82) is 0 Å². The lowest BCUT2D eigenvalue weighted by Gasteiger charge is -2.09. The second-order valence-corrected chi connectivity index (χ2v) is 4.12. The Labute approximate surface area is 83.7 Å². The molecule has 0 aliphatic heterocycles. The lowest BCUT2D eigenvalue weighted by atomic mass is 10.1. The third kappa shape index (κ3) is 2.94. The fraction of sp³-hybridized carbons (Fsp3) is 0.500. The average Bonchev–Trinajstić information content (AvgIpc) is 2.49. The summed E-state index contributed by atoms with van der Waals surface area (Å²) >= 11 is 1.69. The summed E-state index contributed by atoms with van der Waals surface area (Å²) in [6.07, 6.45) is 2.14. The summed E-state index contributed by atoms with van der Waals surface area (Å²) in [5, 5.41) is 6.37. The van der Waals surface area contributed by atoms with Crippen LogP contribution in [0.25, 0.3) is 6.08 Å². The highest BCUT2D eigenvalue weighted by Crippen LogP contribution is 2.14. The fourth-order valence-corrected chi connectivity index (χ4v) is 1.78. The standard InChI is InChI=1S/C10H16N2S/c1-7(9(3)11-4)5-10-12-8(2)6-13-10/h5-6,9,11H,1-4H3. The Balaban J connectivity index is 2.76. The largest absolute Gasteiger partial charge is 0.314 e. The molecule has 0 saturated heterocycles. The smallest absolute Gasteiger partial charge is 0.116 e. The van der Waals surface area contributed by atoms with Gasteiger partial charge in [-0.25, -0.2) is 4.98 Å². The fourth-order valence-electron chi connectivity index (χ4n) is 0.986. The van der Waals surface area contributed by atoms with Crippen LogP contribution in [0.4, 0.5) is 0 Å². The predicted octanol–water partition coefficient (Wildman–Crippen LogP) is 2.46. The van der Waals surface area contributed by atoms with Crippen molar-refractivity contribution < 1.29 is 0 Å². The molecule has 0 radical (unpaired) electrons. The lowest BCUT2D eigenvalue weighted by molar-refractivity contribution is 0.696. The van der Waals surface area contributed by atoms with Crippen LogP contribution in [-0.2, 0) is 0 Å². The lowest BCUT2D eigenvalue weighted by Crippen LogP contribution is -2.21. The Hall–Kier alpha value is -0.670. The van der Waals surface area contributed by atoms with E-state index in [4.69, 9.17) is 0 Å². The summed E-state index contributed by atoms with van der Waals surface area (Å²) in [5.41, 5.74) is 2.41. The van der Waals surface area contributed by atoms with Crippen LogP contribution >= 0.6 is 11.3 Å². The summed E-state index contributed by atoms with van der Waals surface area (Å²) < 4.78 is 0. The van der Waals surface area contributed by atoms with Crippen molar-refractivity contribution in [1.82, 2.24) is 10.3 Å². The van der Waals surface area contributed by atoms with Crippen molar-refractivity contribution in [3.63, 3.8) is 0 Å². The number of nitrogens with one attached hydrogen (secondary N) is 1. The van der Waals surface area contributed by atoms with Gasteiger partial charge in [0.2, 0.25) is 0 Å². The highest BCUT2D eigenvalue weighted by molar-refractivity contribution is 7.10. The Kier molecular flexibility index (Phi) is 3.63. The van der Waals surface area contributed by atoms with E-state index in [0.717, 1.165) is 10.7 Å². The van der Waals surface area contributed by atoms with Crippen LogP contribution in [0.1, 0.15) is 24.5 Å². The van der Waals surface area contributed by atoms with E-state index in [9.17, 15) is 0 Å². The first-order valence-corrected chi connectivity index (χ1v) is 5.29.